The van der Waals surface area contributed by atoms with Crippen molar-refractivity contribution in [1.82, 2.24) is 0 Å². The molecule has 0 nitrogen and oxygen atoms in total. The predicted molar refractivity (Wildman–Crippen MR) is 56.5 cm³/mol. The van der Waals surface area contributed by atoms with Crippen LogP contribution in [0.25, 0.3) is 6.08 Å². The molecule has 1 rings (SSSR count). The first-order chi connectivity index (χ1) is 5.33. The highest BCUT2D eigenvalue weighted by Crippen LogP contribution is 2.15. The first-order valence-electron chi connectivity index (χ1n) is 3.60. The van der Waals surface area contributed by atoms with E-state index >= 15 is 0 Å². The lowest BCUT2D eigenvalue weighted by molar-refractivity contribution is 1.27. The van der Waals surface area contributed by atoms with Gasteiger partial charge in [-0.15, -0.1) is 11.3 Å². The summed E-state index contributed by atoms with van der Waals surface area (Å²) >= 11 is 5.18. The molecule has 0 aliphatic rings. The number of thiophene rings is 1. The maximum absolute atomic E-state index is 3.38. The summed E-state index contributed by atoms with van der Waals surface area (Å²) in [6.07, 6.45) is 5.48. The summed E-state index contributed by atoms with van der Waals surface area (Å²) in [6, 6.07) is 2.20. The van der Waals surface area contributed by atoms with Gasteiger partial charge in [0.2, 0.25) is 0 Å². The zero-order valence-electron chi connectivity index (χ0n) is 6.51. The molecule has 1 aromatic heterocycles. The highest BCUT2D eigenvalue weighted by Gasteiger charge is 1.89. The van der Waals surface area contributed by atoms with Gasteiger partial charge in [0.25, 0.3) is 0 Å². The van der Waals surface area contributed by atoms with Gasteiger partial charge in [-0.05, 0) is 36.4 Å². The van der Waals surface area contributed by atoms with E-state index in [9.17, 15) is 0 Å². The Morgan fingerprint density at radius 3 is 3.00 bits per heavy atom. The number of allylic oxidation sites excluding steroid dienone is 1. The molecule has 0 radical (unpaired) electrons. The lowest BCUT2D eigenvalue weighted by atomic mass is 10.3. The average Bonchev–Trinajstić information content (AvgIpc) is 2.37. The van der Waals surface area contributed by atoms with Crippen molar-refractivity contribution in [2.75, 3.05) is 5.33 Å². The molecule has 0 aliphatic heterocycles. The number of rotatable bonds is 3. The molecule has 0 N–H and O–H groups in total. The molecule has 0 bridgehead atoms. The highest BCUT2D eigenvalue weighted by molar-refractivity contribution is 9.09. The van der Waals surface area contributed by atoms with Crippen molar-refractivity contribution in [3.8, 4) is 0 Å². The van der Waals surface area contributed by atoms with Crippen LogP contribution in [0, 0.1) is 6.92 Å². The van der Waals surface area contributed by atoms with Crippen molar-refractivity contribution >= 4 is 33.3 Å². The van der Waals surface area contributed by atoms with E-state index in [1.165, 1.54) is 10.4 Å². The van der Waals surface area contributed by atoms with Crippen LogP contribution in [-0.2, 0) is 0 Å². The fourth-order valence-electron chi connectivity index (χ4n) is 0.803. The molecular formula is C9H11BrS. The molecule has 0 atom stereocenters. The summed E-state index contributed by atoms with van der Waals surface area (Å²) in [7, 11) is 0. The fraction of sp³-hybridized carbons (Fsp3) is 0.333. The van der Waals surface area contributed by atoms with Crippen LogP contribution in [0.4, 0.5) is 0 Å². The molecule has 0 amide bonds. The van der Waals surface area contributed by atoms with Gasteiger partial charge in [0.15, 0.2) is 0 Å². The maximum atomic E-state index is 3.38. The molecule has 0 aromatic carbocycles. The van der Waals surface area contributed by atoms with Gasteiger partial charge in [-0.2, -0.15) is 0 Å². The second-order valence-corrected chi connectivity index (χ2v) is 4.14. The van der Waals surface area contributed by atoms with Gasteiger partial charge in [-0.25, -0.2) is 0 Å². The minimum absolute atomic E-state index is 1.05. The predicted octanol–water partition coefficient (Wildman–Crippen LogP) is 3.85. The third-order valence-electron chi connectivity index (χ3n) is 1.31. The van der Waals surface area contributed by atoms with Crippen LogP contribution in [-0.4, -0.2) is 5.33 Å². The van der Waals surface area contributed by atoms with Crippen molar-refractivity contribution < 1.29 is 0 Å². The van der Waals surface area contributed by atoms with E-state index in [2.05, 4.69) is 46.5 Å². The second kappa shape index (κ2) is 4.73. The molecule has 0 fully saturated rings. The van der Waals surface area contributed by atoms with Gasteiger partial charge in [0, 0.05) is 10.2 Å². The summed E-state index contributed by atoms with van der Waals surface area (Å²) < 4.78 is 0. The topological polar surface area (TPSA) is 0 Å². The molecule has 0 aliphatic carbocycles. The number of hydrogen-bond donors (Lipinski definition) is 0. The van der Waals surface area contributed by atoms with Crippen LogP contribution >= 0.6 is 27.3 Å². The van der Waals surface area contributed by atoms with Crippen LogP contribution < -0.4 is 0 Å². The largest absolute Gasteiger partial charge is 0.144 e. The molecule has 0 spiro atoms. The molecule has 11 heavy (non-hydrogen) atoms. The number of alkyl halides is 1. The standard InChI is InChI=1S/C9H11BrS/c1-8-6-9(11-7-8)4-2-3-5-10/h2,4,6-7H,3,5H2,1H3. The van der Waals surface area contributed by atoms with Crippen LogP contribution in [0.15, 0.2) is 17.5 Å². The first-order valence-corrected chi connectivity index (χ1v) is 5.60. The summed E-state index contributed by atoms with van der Waals surface area (Å²) in [5, 5.41) is 3.22. The van der Waals surface area contributed by atoms with Crippen LogP contribution in [0.3, 0.4) is 0 Å². The van der Waals surface area contributed by atoms with Crippen LogP contribution in [0.2, 0.25) is 0 Å². The lowest BCUT2D eigenvalue weighted by Crippen LogP contribution is -1.64. The van der Waals surface area contributed by atoms with E-state index in [4.69, 9.17) is 0 Å². The van der Waals surface area contributed by atoms with Crippen LogP contribution in [0.5, 0.6) is 0 Å². The highest BCUT2D eigenvalue weighted by atomic mass is 79.9. The van der Waals surface area contributed by atoms with Crippen molar-refractivity contribution in [2.45, 2.75) is 13.3 Å². The minimum Gasteiger partial charge on any atom is -0.144 e. The van der Waals surface area contributed by atoms with Gasteiger partial charge >= 0.3 is 0 Å². The van der Waals surface area contributed by atoms with Crippen LogP contribution in [0.1, 0.15) is 16.9 Å². The van der Waals surface area contributed by atoms with Gasteiger partial charge < -0.3 is 0 Å². The molecule has 0 unspecified atom stereocenters. The minimum atomic E-state index is 1.05. The molecule has 1 aromatic rings. The van der Waals surface area contributed by atoms with Crippen molar-refractivity contribution in [1.29, 1.82) is 0 Å². The van der Waals surface area contributed by atoms with E-state index in [1.54, 1.807) is 11.3 Å². The van der Waals surface area contributed by atoms with Gasteiger partial charge in [-0.3, -0.25) is 0 Å². The Morgan fingerprint density at radius 2 is 2.45 bits per heavy atom. The Labute approximate surface area is 80.1 Å². The van der Waals surface area contributed by atoms with E-state index in [0.29, 0.717) is 0 Å². The Balaban J connectivity index is 2.50. The molecular weight excluding hydrogens is 220 g/mol. The van der Waals surface area contributed by atoms with E-state index < -0.39 is 0 Å². The van der Waals surface area contributed by atoms with E-state index in [-0.39, 0.29) is 0 Å². The average molecular weight is 231 g/mol. The second-order valence-electron chi connectivity index (χ2n) is 2.41. The lowest BCUT2D eigenvalue weighted by Gasteiger charge is -1.82. The molecule has 1 heterocycles. The Kier molecular flexibility index (Phi) is 3.87. The monoisotopic (exact) mass is 230 g/mol. The van der Waals surface area contributed by atoms with Crippen molar-refractivity contribution in [3.05, 3.63) is 28.0 Å². The summed E-state index contributed by atoms with van der Waals surface area (Å²) in [5.41, 5.74) is 1.36. The number of halogens is 1. The number of aryl methyl sites for hydroxylation is 1. The van der Waals surface area contributed by atoms with Gasteiger partial charge in [0.1, 0.15) is 0 Å². The normalized spacial score (nSPS) is 11.1. The zero-order valence-corrected chi connectivity index (χ0v) is 8.91. The van der Waals surface area contributed by atoms with E-state index in [0.717, 1.165) is 11.8 Å². The smallest absolute Gasteiger partial charge is 0.0269 e. The fourth-order valence-corrected chi connectivity index (χ4v) is 1.89. The van der Waals surface area contributed by atoms with Gasteiger partial charge in [-0.1, -0.05) is 22.0 Å². The molecule has 60 valence electrons. The van der Waals surface area contributed by atoms with Gasteiger partial charge in [0.05, 0.1) is 0 Å². The summed E-state index contributed by atoms with van der Waals surface area (Å²) in [6.45, 7) is 2.12. The molecule has 2 heteroatoms. The Bertz CT molecular complexity index is 237. The Hall–Kier alpha value is -0.0800. The SMILES string of the molecule is Cc1csc(C=CCCBr)c1. The van der Waals surface area contributed by atoms with Crippen molar-refractivity contribution in [3.63, 3.8) is 0 Å². The molecule has 0 saturated carbocycles. The summed E-state index contributed by atoms with van der Waals surface area (Å²) in [4.78, 5) is 1.35. The summed E-state index contributed by atoms with van der Waals surface area (Å²) in [5.74, 6) is 0. The van der Waals surface area contributed by atoms with Crippen molar-refractivity contribution in [2.24, 2.45) is 0 Å². The molecule has 0 saturated heterocycles. The quantitative estimate of drug-likeness (QED) is 0.693. The third-order valence-corrected chi connectivity index (χ3v) is 2.78. The third kappa shape index (κ3) is 3.21. The first kappa shape index (κ1) is 9.01. The maximum Gasteiger partial charge on any atom is 0.0269 e. The van der Waals surface area contributed by atoms with E-state index in [1.807, 2.05) is 0 Å². The number of hydrogen-bond acceptors (Lipinski definition) is 1. The zero-order chi connectivity index (χ0) is 8.10. The Morgan fingerprint density at radius 1 is 1.64 bits per heavy atom.